The highest BCUT2D eigenvalue weighted by Crippen LogP contribution is 2.10. The van der Waals surface area contributed by atoms with Crippen LogP contribution in [-0.4, -0.2) is 35.0 Å². The molecule has 7 heteroatoms. The number of carbonyl (C=O) groups is 3. The first kappa shape index (κ1) is 17.2. The summed E-state index contributed by atoms with van der Waals surface area (Å²) in [5.41, 5.74) is 0. The SMILES string of the molecule is CCC(C)C(NC(=O)C(C)NC(=O)c1cccs1)C(=O)O. The van der Waals surface area contributed by atoms with Crippen molar-refractivity contribution >= 4 is 29.1 Å². The minimum absolute atomic E-state index is 0.188. The van der Waals surface area contributed by atoms with E-state index in [1.54, 1.807) is 24.4 Å². The number of rotatable bonds is 7. The van der Waals surface area contributed by atoms with Crippen LogP contribution in [0.2, 0.25) is 0 Å². The fraction of sp³-hybridized carbons (Fsp3) is 0.500. The third-order valence-electron chi connectivity index (χ3n) is 3.26. The van der Waals surface area contributed by atoms with Gasteiger partial charge in [-0.1, -0.05) is 26.3 Å². The fourth-order valence-corrected chi connectivity index (χ4v) is 2.33. The van der Waals surface area contributed by atoms with Gasteiger partial charge in [-0.2, -0.15) is 0 Å². The second-order valence-corrected chi connectivity index (χ2v) is 5.83. The van der Waals surface area contributed by atoms with Gasteiger partial charge in [-0.15, -0.1) is 11.3 Å². The molecule has 0 aromatic carbocycles. The first-order valence-corrected chi connectivity index (χ1v) is 7.62. The molecule has 0 saturated carbocycles. The fourth-order valence-electron chi connectivity index (χ4n) is 1.70. The molecule has 1 aromatic rings. The molecule has 0 radical (unpaired) electrons. The average molecular weight is 312 g/mol. The quantitative estimate of drug-likeness (QED) is 0.710. The molecule has 3 N–H and O–H groups in total. The second-order valence-electron chi connectivity index (χ2n) is 4.88. The highest BCUT2D eigenvalue weighted by molar-refractivity contribution is 7.12. The largest absolute Gasteiger partial charge is 0.480 e. The van der Waals surface area contributed by atoms with Gasteiger partial charge in [0.15, 0.2) is 0 Å². The molecule has 1 rings (SSSR count). The Hall–Kier alpha value is -1.89. The van der Waals surface area contributed by atoms with E-state index in [9.17, 15) is 14.4 Å². The molecular formula is C14H20N2O4S. The van der Waals surface area contributed by atoms with Crippen molar-refractivity contribution in [3.05, 3.63) is 22.4 Å². The van der Waals surface area contributed by atoms with E-state index >= 15 is 0 Å². The molecule has 0 aliphatic carbocycles. The standard InChI is InChI=1S/C14H20N2O4S/c1-4-8(2)11(14(19)20)16-12(17)9(3)15-13(18)10-6-5-7-21-10/h5-9,11H,4H2,1-3H3,(H,15,18)(H,16,17)(H,19,20). The number of aliphatic carboxylic acids is 1. The maximum atomic E-state index is 12.0. The molecule has 1 heterocycles. The Balaban J connectivity index is 2.61. The van der Waals surface area contributed by atoms with Gasteiger partial charge in [-0.25, -0.2) is 4.79 Å². The van der Waals surface area contributed by atoms with Crippen LogP contribution in [0.15, 0.2) is 17.5 Å². The van der Waals surface area contributed by atoms with Crippen molar-refractivity contribution in [3.8, 4) is 0 Å². The minimum Gasteiger partial charge on any atom is -0.480 e. The molecule has 0 fully saturated rings. The lowest BCUT2D eigenvalue weighted by Gasteiger charge is -2.22. The number of thiophene rings is 1. The maximum Gasteiger partial charge on any atom is 0.326 e. The number of carboxylic acids is 1. The van der Waals surface area contributed by atoms with Crippen LogP contribution < -0.4 is 10.6 Å². The van der Waals surface area contributed by atoms with Crippen molar-refractivity contribution in [2.45, 2.75) is 39.3 Å². The van der Waals surface area contributed by atoms with Crippen LogP contribution in [0.4, 0.5) is 0 Å². The van der Waals surface area contributed by atoms with Gasteiger partial charge in [-0.05, 0) is 24.3 Å². The molecule has 0 spiro atoms. The number of amides is 2. The summed E-state index contributed by atoms with van der Waals surface area (Å²) in [7, 11) is 0. The molecule has 0 bridgehead atoms. The zero-order valence-corrected chi connectivity index (χ0v) is 13.1. The van der Waals surface area contributed by atoms with E-state index in [4.69, 9.17) is 5.11 Å². The molecule has 0 aliphatic heterocycles. The normalized spacial score (nSPS) is 14.8. The smallest absolute Gasteiger partial charge is 0.326 e. The molecule has 6 nitrogen and oxygen atoms in total. The van der Waals surface area contributed by atoms with Crippen LogP contribution in [0.1, 0.15) is 36.9 Å². The molecule has 0 aliphatic rings. The monoisotopic (exact) mass is 312 g/mol. The van der Waals surface area contributed by atoms with Crippen LogP contribution in [0.25, 0.3) is 0 Å². The van der Waals surface area contributed by atoms with Gasteiger partial charge in [0.05, 0.1) is 4.88 Å². The summed E-state index contributed by atoms with van der Waals surface area (Å²) in [5, 5.41) is 15.9. The van der Waals surface area contributed by atoms with Crippen LogP contribution >= 0.6 is 11.3 Å². The first-order chi connectivity index (χ1) is 9.86. The summed E-state index contributed by atoms with van der Waals surface area (Å²) in [5.74, 6) is -2.11. The van der Waals surface area contributed by atoms with Crippen molar-refractivity contribution in [1.82, 2.24) is 10.6 Å². The first-order valence-electron chi connectivity index (χ1n) is 6.74. The number of hydrogen-bond acceptors (Lipinski definition) is 4. The zero-order chi connectivity index (χ0) is 16.0. The molecule has 1 aromatic heterocycles. The Morgan fingerprint density at radius 3 is 2.43 bits per heavy atom. The van der Waals surface area contributed by atoms with Gasteiger partial charge in [-0.3, -0.25) is 9.59 Å². The predicted octanol–water partition coefficient (Wildman–Crippen LogP) is 1.48. The van der Waals surface area contributed by atoms with Crippen LogP contribution in [0.3, 0.4) is 0 Å². The third-order valence-corrected chi connectivity index (χ3v) is 4.13. The number of carboxylic acid groups (broad SMARTS) is 1. The topological polar surface area (TPSA) is 95.5 Å². The van der Waals surface area contributed by atoms with E-state index in [-0.39, 0.29) is 11.8 Å². The second kappa shape index (κ2) is 7.78. The summed E-state index contributed by atoms with van der Waals surface area (Å²) >= 11 is 1.27. The van der Waals surface area contributed by atoms with Crippen molar-refractivity contribution < 1.29 is 19.5 Å². The molecule has 116 valence electrons. The summed E-state index contributed by atoms with van der Waals surface area (Å²) in [6.45, 7) is 5.14. The summed E-state index contributed by atoms with van der Waals surface area (Å²) < 4.78 is 0. The van der Waals surface area contributed by atoms with Crippen LogP contribution in [0, 0.1) is 5.92 Å². The van der Waals surface area contributed by atoms with E-state index in [0.717, 1.165) is 0 Å². The van der Waals surface area contributed by atoms with Crippen molar-refractivity contribution in [1.29, 1.82) is 0 Å². The minimum atomic E-state index is -1.07. The number of nitrogens with one attached hydrogen (secondary N) is 2. The van der Waals surface area contributed by atoms with Gasteiger partial charge in [0.2, 0.25) is 5.91 Å². The summed E-state index contributed by atoms with van der Waals surface area (Å²) in [4.78, 5) is 35.5. The lowest BCUT2D eigenvalue weighted by Crippen LogP contribution is -2.52. The number of carbonyl (C=O) groups excluding carboxylic acids is 2. The molecule has 3 atom stereocenters. The van der Waals surface area contributed by atoms with Crippen LogP contribution in [-0.2, 0) is 9.59 Å². The van der Waals surface area contributed by atoms with Gasteiger partial charge in [0, 0.05) is 0 Å². The Morgan fingerprint density at radius 1 is 1.29 bits per heavy atom. The molecule has 0 saturated heterocycles. The van der Waals surface area contributed by atoms with E-state index in [0.29, 0.717) is 11.3 Å². The van der Waals surface area contributed by atoms with E-state index in [1.165, 1.54) is 18.3 Å². The molecular weight excluding hydrogens is 292 g/mol. The summed E-state index contributed by atoms with van der Waals surface area (Å²) in [6, 6.07) is 1.64. The van der Waals surface area contributed by atoms with Crippen molar-refractivity contribution in [2.24, 2.45) is 5.92 Å². The predicted molar refractivity (Wildman–Crippen MR) is 80.3 cm³/mol. The van der Waals surface area contributed by atoms with Crippen molar-refractivity contribution in [2.75, 3.05) is 0 Å². The molecule has 21 heavy (non-hydrogen) atoms. The van der Waals surface area contributed by atoms with E-state index in [2.05, 4.69) is 10.6 Å². The molecule has 2 amide bonds. The van der Waals surface area contributed by atoms with Gasteiger partial charge in [0.1, 0.15) is 12.1 Å². The lowest BCUT2D eigenvalue weighted by atomic mass is 9.99. The number of hydrogen-bond donors (Lipinski definition) is 3. The van der Waals surface area contributed by atoms with E-state index < -0.39 is 24.0 Å². The Morgan fingerprint density at radius 2 is 1.95 bits per heavy atom. The maximum absolute atomic E-state index is 12.0. The zero-order valence-electron chi connectivity index (χ0n) is 12.3. The van der Waals surface area contributed by atoms with Gasteiger partial charge < -0.3 is 15.7 Å². The molecule has 3 unspecified atom stereocenters. The van der Waals surface area contributed by atoms with Gasteiger partial charge >= 0.3 is 5.97 Å². The van der Waals surface area contributed by atoms with Crippen LogP contribution in [0.5, 0.6) is 0 Å². The van der Waals surface area contributed by atoms with E-state index in [1.807, 2.05) is 6.92 Å². The Labute approximate surface area is 127 Å². The highest BCUT2D eigenvalue weighted by Gasteiger charge is 2.27. The average Bonchev–Trinajstić information content (AvgIpc) is 2.97. The van der Waals surface area contributed by atoms with Gasteiger partial charge in [0.25, 0.3) is 5.91 Å². The highest BCUT2D eigenvalue weighted by atomic mass is 32.1. The van der Waals surface area contributed by atoms with Crippen molar-refractivity contribution in [3.63, 3.8) is 0 Å². The lowest BCUT2D eigenvalue weighted by molar-refractivity contribution is -0.143. The summed E-state index contributed by atoms with van der Waals surface area (Å²) in [6.07, 6.45) is 0.632. The Kier molecular flexibility index (Phi) is 6.36. The third kappa shape index (κ3) is 4.86. The Bertz CT molecular complexity index is 501.